The average Bonchev–Trinajstić information content (AvgIpc) is 3.16. The van der Waals surface area contributed by atoms with Gasteiger partial charge in [0.1, 0.15) is 6.04 Å². The number of aliphatic hydroxyl groups excluding tert-OH is 6. The van der Waals surface area contributed by atoms with E-state index < -0.39 is 86.8 Å². The molecule has 17 heteroatoms. The zero-order valence-electron chi connectivity index (χ0n) is 15.9. The number of hydrogen-bond donors (Lipinski definition) is 11. The van der Waals surface area contributed by atoms with Crippen molar-refractivity contribution in [1.82, 2.24) is 30.7 Å². The minimum absolute atomic E-state index is 0.229. The van der Waals surface area contributed by atoms with Crippen molar-refractivity contribution in [2.24, 2.45) is 0 Å². The minimum Gasteiger partial charge on any atom is -0.395 e. The van der Waals surface area contributed by atoms with Crippen LogP contribution in [0.4, 0.5) is 14.4 Å². The molecule has 3 heterocycles. The lowest BCUT2D eigenvalue weighted by molar-refractivity contribution is -0.277. The van der Waals surface area contributed by atoms with Gasteiger partial charge in [0, 0.05) is 13.1 Å². The second-order valence-corrected chi connectivity index (χ2v) is 7.14. The van der Waals surface area contributed by atoms with Gasteiger partial charge in [0.05, 0.1) is 13.2 Å². The van der Waals surface area contributed by atoms with Crippen molar-refractivity contribution in [3.8, 4) is 0 Å². The summed E-state index contributed by atoms with van der Waals surface area (Å²) in [6, 6.07) is -6.06. The Morgan fingerprint density at radius 1 is 0.774 bits per heavy atom. The van der Waals surface area contributed by atoms with Gasteiger partial charge < -0.3 is 56.8 Å². The normalized spacial score (nSPS) is 39.1. The fourth-order valence-corrected chi connectivity index (χ4v) is 4.12. The molecule has 0 aromatic rings. The number of carbonyl (C=O) groups is 3. The van der Waals surface area contributed by atoms with Crippen LogP contribution in [0.15, 0.2) is 0 Å². The van der Waals surface area contributed by atoms with Crippen LogP contribution < -0.4 is 16.0 Å². The monoisotopic (exact) mass is 452 g/mol. The van der Waals surface area contributed by atoms with Crippen molar-refractivity contribution in [3.05, 3.63) is 0 Å². The number of β-amino-alcohol motifs (C(OH)–C–C–N with tert-alkyl or cyclic N) is 2. The zero-order valence-corrected chi connectivity index (χ0v) is 15.9. The standard InChI is InChI=1S/C14H24N6O11/c21-3-1-18-10(27)16-8(25)13(18,30)7(20-6(24)5(23)15-12(20)29)14(31)9(26)17-11(28)19(14)2-4-22/h5-9,21-26,30-31H,1-4H2,(H,15,29)(H,16,27)(H,17,28). The molecule has 3 fully saturated rings. The molecule has 176 valence electrons. The van der Waals surface area contributed by atoms with E-state index in [9.17, 15) is 55.2 Å². The number of carbonyl (C=O) groups excluding carboxylic acids is 3. The maximum absolute atomic E-state index is 12.5. The Bertz CT molecular complexity index is 714. The first-order valence-corrected chi connectivity index (χ1v) is 9.10. The summed E-state index contributed by atoms with van der Waals surface area (Å²) < 4.78 is 0. The molecule has 3 saturated heterocycles. The first-order valence-electron chi connectivity index (χ1n) is 9.10. The van der Waals surface area contributed by atoms with Gasteiger partial charge in [-0.05, 0) is 0 Å². The van der Waals surface area contributed by atoms with Crippen molar-refractivity contribution in [2.75, 3.05) is 26.3 Å². The lowest BCUT2D eigenvalue weighted by atomic mass is 9.87. The molecule has 11 N–H and O–H groups in total. The molecule has 31 heavy (non-hydrogen) atoms. The second-order valence-electron chi connectivity index (χ2n) is 7.14. The molecular weight excluding hydrogens is 428 g/mol. The van der Waals surface area contributed by atoms with Crippen LogP contribution in [0.3, 0.4) is 0 Å². The molecule has 6 amide bonds. The Morgan fingerprint density at radius 3 is 1.52 bits per heavy atom. The lowest BCUT2D eigenvalue weighted by Crippen LogP contribution is -2.79. The van der Waals surface area contributed by atoms with Gasteiger partial charge in [-0.15, -0.1) is 0 Å². The van der Waals surface area contributed by atoms with Crippen molar-refractivity contribution in [3.63, 3.8) is 0 Å². The molecule has 0 aromatic carbocycles. The maximum atomic E-state index is 12.5. The summed E-state index contributed by atoms with van der Waals surface area (Å²) in [5, 5.41) is 88.3. The van der Waals surface area contributed by atoms with Crippen molar-refractivity contribution in [2.45, 2.75) is 42.4 Å². The average molecular weight is 452 g/mol. The Labute approximate surface area is 173 Å². The molecule has 0 spiro atoms. The topological polar surface area (TPSA) is 259 Å². The predicted octanol–water partition coefficient (Wildman–Crippen LogP) is -6.93. The van der Waals surface area contributed by atoms with Crippen LogP contribution in [0.1, 0.15) is 0 Å². The van der Waals surface area contributed by atoms with Crippen LogP contribution in [0.2, 0.25) is 0 Å². The number of amides is 6. The quantitative estimate of drug-likeness (QED) is 0.173. The van der Waals surface area contributed by atoms with E-state index in [1.54, 1.807) is 0 Å². The van der Waals surface area contributed by atoms with E-state index in [4.69, 9.17) is 0 Å². The van der Waals surface area contributed by atoms with Crippen LogP contribution in [-0.4, -0.2) is 142 Å². The third kappa shape index (κ3) is 3.13. The first-order chi connectivity index (χ1) is 14.5. The zero-order chi connectivity index (χ0) is 23.3. The SMILES string of the molecule is O=C1NC(O)C(O)N1C(C1(O)C(O)NC(=O)N1CCO)C1(O)C(O)NC(=O)N1CCO. The van der Waals surface area contributed by atoms with E-state index in [1.807, 2.05) is 16.0 Å². The maximum Gasteiger partial charge on any atom is 0.322 e. The Balaban J connectivity index is 2.24. The number of nitrogens with one attached hydrogen (secondary N) is 3. The summed E-state index contributed by atoms with van der Waals surface area (Å²) in [7, 11) is 0. The summed E-state index contributed by atoms with van der Waals surface area (Å²) in [4.78, 5) is 38.1. The molecule has 0 saturated carbocycles. The molecule has 0 aliphatic carbocycles. The third-order valence-corrected chi connectivity index (χ3v) is 5.48. The van der Waals surface area contributed by atoms with E-state index in [1.165, 1.54) is 0 Å². The number of rotatable bonds is 7. The Morgan fingerprint density at radius 2 is 1.19 bits per heavy atom. The number of urea groups is 3. The second kappa shape index (κ2) is 7.88. The number of aliphatic hydroxyl groups is 8. The van der Waals surface area contributed by atoms with Crippen LogP contribution >= 0.6 is 0 Å². The predicted molar refractivity (Wildman–Crippen MR) is 92.7 cm³/mol. The van der Waals surface area contributed by atoms with Gasteiger partial charge >= 0.3 is 18.1 Å². The molecule has 6 unspecified atom stereocenters. The Hall–Kier alpha value is -2.51. The van der Waals surface area contributed by atoms with E-state index in [-0.39, 0.29) is 4.90 Å². The summed E-state index contributed by atoms with van der Waals surface area (Å²) in [5.74, 6) is 0. The van der Waals surface area contributed by atoms with Crippen molar-refractivity contribution in [1.29, 1.82) is 0 Å². The van der Waals surface area contributed by atoms with Gasteiger partial charge in [-0.25, -0.2) is 14.4 Å². The fourth-order valence-electron chi connectivity index (χ4n) is 4.12. The highest BCUT2D eigenvalue weighted by atomic mass is 16.4. The fraction of sp³-hybridized carbons (Fsp3) is 0.786. The first kappa shape index (κ1) is 23.2. The highest BCUT2D eigenvalue weighted by Crippen LogP contribution is 2.41. The summed E-state index contributed by atoms with van der Waals surface area (Å²) >= 11 is 0. The summed E-state index contributed by atoms with van der Waals surface area (Å²) in [6.07, 6.45) is -8.71. The van der Waals surface area contributed by atoms with Gasteiger partial charge in [-0.1, -0.05) is 0 Å². The summed E-state index contributed by atoms with van der Waals surface area (Å²) in [6.45, 7) is -2.83. The van der Waals surface area contributed by atoms with Gasteiger partial charge in [-0.3, -0.25) is 14.7 Å². The molecule has 6 atom stereocenters. The van der Waals surface area contributed by atoms with Crippen molar-refractivity contribution < 1.29 is 55.2 Å². The van der Waals surface area contributed by atoms with Crippen LogP contribution in [0.25, 0.3) is 0 Å². The number of hydrogen-bond acceptors (Lipinski definition) is 11. The van der Waals surface area contributed by atoms with E-state index in [0.717, 1.165) is 0 Å². The van der Waals surface area contributed by atoms with Gasteiger partial charge in [0.25, 0.3) is 0 Å². The molecule has 3 aliphatic heterocycles. The molecule has 3 aliphatic rings. The molecule has 17 nitrogen and oxygen atoms in total. The molecule has 0 aromatic heterocycles. The molecule has 3 rings (SSSR count). The molecule has 0 bridgehead atoms. The van der Waals surface area contributed by atoms with E-state index in [2.05, 4.69) is 0 Å². The Kier molecular flexibility index (Phi) is 5.88. The van der Waals surface area contributed by atoms with E-state index in [0.29, 0.717) is 9.80 Å². The van der Waals surface area contributed by atoms with Crippen molar-refractivity contribution >= 4 is 18.1 Å². The van der Waals surface area contributed by atoms with Gasteiger partial charge in [-0.2, -0.15) is 0 Å². The van der Waals surface area contributed by atoms with Gasteiger partial charge in [0.2, 0.25) is 11.4 Å². The molecular formula is C14H24N6O11. The third-order valence-electron chi connectivity index (χ3n) is 5.48. The lowest BCUT2D eigenvalue weighted by Gasteiger charge is -2.52. The summed E-state index contributed by atoms with van der Waals surface area (Å²) in [5.41, 5.74) is -6.14. The number of nitrogens with zero attached hydrogens (tertiary/aromatic N) is 3. The largest absolute Gasteiger partial charge is 0.395 e. The highest BCUT2D eigenvalue weighted by Gasteiger charge is 2.72. The van der Waals surface area contributed by atoms with Crippen LogP contribution in [-0.2, 0) is 0 Å². The smallest absolute Gasteiger partial charge is 0.322 e. The van der Waals surface area contributed by atoms with Crippen LogP contribution in [0, 0.1) is 0 Å². The minimum atomic E-state index is -3.07. The van der Waals surface area contributed by atoms with Gasteiger partial charge in [0.15, 0.2) is 24.9 Å². The van der Waals surface area contributed by atoms with Crippen LogP contribution in [0.5, 0.6) is 0 Å². The highest BCUT2D eigenvalue weighted by molar-refractivity contribution is 5.82. The molecule has 0 radical (unpaired) electrons. The van der Waals surface area contributed by atoms with E-state index >= 15 is 0 Å².